The first kappa shape index (κ1) is 18.3. The minimum atomic E-state index is -0.0548. The van der Waals surface area contributed by atoms with Crippen molar-refractivity contribution < 1.29 is 4.79 Å². The number of anilines is 2. The van der Waals surface area contributed by atoms with Crippen molar-refractivity contribution in [3.8, 4) is 0 Å². The van der Waals surface area contributed by atoms with Crippen molar-refractivity contribution in [1.29, 1.82) is 0 Å². The Labute approximate surface area is 166 Å². The molecule has 3 aromatic rings. The van der Waals surface area contributed by atoms with Crippen LogP contribution in [0.1, 0.15) is 48.4 Å². The maximum absolute atomic E-state index is 12.9. The molecule has 2 unspecified atom stereocenters. The molecule has 0 aromatic heterocycles. The minimum absolute atomic E-state index is 0.0548. The Balaban J connectivity index is 1.40. The van der Waals surface area contributed by atoms with Crippen molar-refractivity contribution in [3.05, 3.63) is 95.6 Å². The number of aryl methyl sites for hydroxylation is 1. The third-order valence-corrected chi connectivity index (χ3v) is 5.52. The Morgan fingerprint density at radius 1 is 0.893 bits per heavy atom. The number of hydrogen-bond donors (Lipinski definition) is 2. The summed E-state index contributed by atoms with van der Waals surface area (Å²) in [6, 6.07) is 26.9. The maximum Gasteiger partial charge on any atom is 0.231 e. The predicted octanol–water partition coefficient (Wildman–Crippen LogP) is 5.92. The summed E-state index contributed by atoms with van der Waals surface area (Å²) in [7, 11) is 0. The molecule has 3 aromatic carbocycles. The van der Waals surface area contributed by atoms with E-state index in [1.807, 2.05) is 36.4 Å². The van der Waals surface area contributed by atoms with Crippen LogP contribution >= 0.6 is 0 Å². The van der Waals surface area contributed by atoms with E-state index >= 15 is 0 Å². The highest BCUT2D eigenvalue weighted by Gasteiger charge is 2.26. The highest BCUT2D eigenvalue weighted by Crippen LogP contribution is 2.32. The molecule has 0 heterocycles. The Morgan fingerprint density at radius 3 is 2.36 bits per heavy atom. The lowest BCUT2D eigenvalue weighted by atomic mass is 9.82. The highest BCUT2D eigenvalue weighted by molar-refractivity contribution is 5.96. The van der Waals surface area contributed by atoms with Crippen LogP contribution in [0.15, 0.2) is 78.9 Å². The van der Waals surface area contributed by atoms with E-state index in [1.165, 1.54) is 16.7 Å². The Hall–Kier alpha value is -3.07. The Bertz CT molecular complexity index is 934. The van der Waals surface area contributed by atoms with Crippen LogP contribution in [0.2, 0.25) is 0 Å². The minimum Gasteiger partial charge on any atom is -0.379 e. The van der Waals surface area contributed by atoms with E-state index < -0.39 is 0 Å². The third kappa shape index (κ3) is 4.09. The van der Waals surface area contributed by atoms with Gasteiger partial charge in [-0.3, -0.25) is 4.79 Å². The molecule has 0 radical (unpaired) electrons. The molecule has 0 saturated heterocycles. The molecule has 0 spiro atoms. The number of fused-ring (bicyclic) bond motifs is 1. The van der Waals surface area contributed by atoms with Gasteiger partial charge in [0.25, 0.3) is 0 Å². The molecular formula is C25H26N2O. The molecule has 2 N–H and O–H groups in total. The number of benzene rings is 3. The lowest BCUT2D eigenvalue weighted by molar-refractivity contribution is -0.117. The van der Waals surface area contributed by atoms with Gasteiger partial charge in [-0.05, 0) is 67.1 Å². The van der Waals surface area contributed by atoms with Gasteiger partial charge in [0.2, 0.25) is 5.91 Å². The van der Waals surface area contributed by atoms with Crippen molar-refractivity contribution in [2.24, 2.45) is 0 Å². The van der Waals surface area contributed by atoms with E-state index in [0.717, 1.165) is 30.6 Å². The second-order valence-electron chi connectivity index (χ2n) is 7.49. The van der Waals surface area contributed by atoms with E-state index in [2.05, 4.69) is 60.0 Å². The van der Waals surface area contributed by atoms with Crippen LogP contribution in [-0.2, 0) is 11.2 Å². The van der Waals surface area contributed by atoms with Gasteiger partial charge in [-0.1, -0.05) is 54.6 Å². The van der Waals surface area contributed by atoms with E-state index in [0.29, 0.717) is 0 Å². The molecule has 4 rings (SSSR count). The van der Waals surface area contributed by atoms with Gasteiger partial charge in [-0.2, -0.15) is 0 Å². The van der Waals surface area contributed by atoms with Gasteiger partial charge >= 0.3 is 0 Å². The fraction of sp³-hybridized carbons (Fsp3) is 0.240. The topological polar surface area (TPSA) is 41.1 Å². The lowest BCUT2D eigenvalue weighted by Gasteiger charge is -2.24. The molecule has 28 heavy (non-hydrogen) atoms. The Morgan fingerprint density at radius 2 is 1.57 bits per heavy atom. The normalized spacial score (nSPS) is 16.7. The fourth-order valence-electron chi connectivity index (χ4n) is 3.98. The molecule has 142 valence electrons. The second kappa shape index (κ2) is 8.30. The summed E-state index contributed by atoms with van der Waals surface area (Å²) >= 11 is 0. The number of nitrogens with one attached hydrogen (secondary N) is 2. The van der Waals surface area contributed by atoms with Gasteiger partial charge in [-0.25, -0.2) is 0 Å². The second-order valence-corrected chi connectivity index (χ2v) is 7.49. The van der Waals surface area contributed by atoms with Crippen molar-refractivity contribution in [2.45, 2.75) is 38.1 Å². The number of hydrogen-bond acceptors (Lipinski definition) is 2. The summed E-state index contributed by atoms with van der Waals surface area (Å²) in [5.74, 6) is 0.0337. The van der Waals surface area contributed by atoms with E-state index in [4.69, 9.17) is 0 Å². The molecule has 0 fully saturated rings. The molecule has 0 saturated carbocycles. The van der Waals surface area contributed by atoms with Gasteiger partial charge in [0.1, 0.15) is 0 Å². The van der Waals surface area contributed by atoms with Gasteiger partial charge in [0, 0.05) is 17.4 Å². The quantitative estimate of drug-likeness (QED) is 0.585. The first-order valence-corrected chi connectivity index (χ1v) is 10.0. The SMILES string of the molecule is CC(Nc1ccc(NC(=O)C2CCCc3ccccc32)cc1)c1ccccc1. The largest absolute Gasteiger partial charge is 0.379 e. The van der Waals surface area contributed by atoms with E-state index in [1.54, 1.807) is 0 Å². The van der Waals surface area contributed by atoms with Crippen molar-refractivity contribution in [2.75, 3.05) is 10.6 Å². The molecule has 0 aliphatic heterocycles. The fourth-order valence-corrected chi connectivity index (χ4v) is 3.98. The van der Waals surface area contributed by atoms with Gasteiger partial charge in [-0.15, -0.1) is 0 Å². The summed E-state index contributed by atoms with van der Waals surface area (Å²) in [5.41, 5.74) is 5.61. The summed E-state index contributed by atoms with van der Waals surface area (Å²) in [5, 5.41) is 6.60. The molecule has 1 aliphatic carbocycles. The van der Waals surface area contributed by atoms with Crippen LogP contribution in [0.3, 0.4) is 0 Å². The smallest absolute Gasteiger partial charge is 0.231 e. The summed E-state index contributed by atoms with van der Waals surface area (Å²) in [6.45, 7) is 2.14. The molecule has 3 nitrogen and oxygen atoms in total. The van der Waals surface area contributed by atoms with Crippen LogP contribution in [-0.4, -0.2) is 5.91 Å². The van der Waals surface area contributed by atoms with Crippen molar-refractivity contribution in [3.63, 3.8) is 0 Å². The molecule has 3 heteroatoms. The number of carbonyl (C=O) groups excluding carboxylic acids is 1. The van der Waals surface area contributed by atoms with Crippen LogP contribution in [0.4, 0.5) is 11.4 Å². The zero-order valence-electron chi connectivity index (χ0n) is 16.2. The van der Waals surface area contributed by atoms with Crippen LogP contribution in [0, 0.1) is 0 Å². The third-order valence-electron chi connectivity index (χ3n) is 5.52. The Kier molecular flexibility index (Phi) is 5.43. The number of carbonyl (C=O) groups is 1. The van der Waals surface area contributed by atoms with Gasteiger partial charge < -0.3 is 10.6 Å². The first-order valence-electron chi connectivity index (χ1n) is 10.0. The zero-order chi connectivity index (χ0) is 19.3. The molecule has 2 atom stereocenters. The summed E-state index contributed by atoms with van der Waals surface area (Å²) in [4.78, 5) is 12.9. The van der Waals surface area contributed by atoms with Crippen LogP contribution in [0.25, 0.3) is 0 Å². The van der Waals surface area contributed by atoms with E-state index in [-0.39, 0.29) is 17.9 Å². The number of rotatable bonds is 5. The monoisotopic (exact) mass is 370 g/mol. The van der Waals surface area contributed by atoms with Crippen molar-refractivity contribution >= 4 is 17.3 Å². The number of amides is 1. The molecule has 0 bridgehead atoms. The zero-order valence-corrected chi connectivity index (χ0v) is 16.2. The van der Waals surface area contributed by atoms with Gasteiger partial charge in [0.15, 0.2) is 0 Å². The standard InChI is InChI=1S/C25H26N2O/c1-18(19-8-3-2-4-9-19)26-21-14-16-22(17-15-21)27-25(28)24-13-7-11-20-10-5-6-12-23(20)24/h2-6,8-10,12,14-18,24,26H,7,11,13H2,1H3,(H,27,28). The lowest BCUT2D eigenvalue weighted by Crippen LogP contribution is -2.24. The average Bonchev–Trinajstić information content (AvgIpc) is 2.75. The molecule has 1 amide bonds. The predicted molar refractivity (Wildman–Crippen MR) is 116 cm³/mol. The maximum atomic E-state index is 12.9. The average molecular weight is 370 g/mol. The highest BCUT2D eigenvalue weighted by atomic mass is 16.1. The first-order chi connectivity index (χ1) is 13.7. The summed E-state index contributed by atoms with van der Waals surface area (Å²) < 4.78 is 0. The van der Waals surface area contributed by atoms with Gasteiger partial charge in [0.05, 0.1) is 5.92 Å². The van der Waals surface area contributed by atoms with Crippen LogP contribution < -0.4 is 10.6 Å². The van der Waals surface area contributed by atoms with Crippen LogP contribution in [0.5, 0.6) is 0 Å². The van der Waals surface area contributed by atoms with Crippen molar-refractivity contribution in [1.82, 2.24) is 0 Å². The van der Waals surface area contributed by atoms with E-state index in [9.17, 15) is 4.79 Å². The molecule has 1 aliphatic rings. The molecular weight excluding hydrogens is 344 g/mol. The summed E-state index contributed by atoms with van der Waals surface area (Å²) in [6.07, 6.45) is 3.05.